The third-order valence-electron chi connectivity index (χ3n) is 4.11. The van der Waals surface area contributed by atoms with Crippen LogP contribution in [0.25, 0.3) is 0 Å². The van der Waals surface area contributed by atoms with E-state index in [2.05, 4.69) is 10.6 Å². The molecule has 0 saturated heterocycles. The van der Waals surface area contributed by atoms with Crippen molar-refractivity contribution in [2.45, 2.75) is 13.8 Å². The molecule has 2 amide bonds. The molecule has 0 aliphatic carbocycles. The first-order valence-corrected chi connectivity index (χ1v) is 7.55. The maximum atomic E-state index is 12.6. The quantitative estimate of drug-likeness (QED) is 0.916. The van der Waals surface area contributed by atoms with E-state index in [0.717, 1.165) is 16.9 Å². The Kier molecular flexibility index (Phi) is 4.02. The zero-order chi connectivity index (χ0) is 16.4. The molecule has 3 rings (SSSR count). The van der Waals surface area contributed by atoms with Gasteiger partial charge in [0.25, 0.3) is 0 Å². The van der Waals surface area contributed by atoms with Crippen LogP contribution < -0.4 is 15.5 Å². The van der Waals surface area contributed by atoms with Crippen LogP contribution in [0, 0.1) is 13.8 Å². The third-order valence-corrected chi connectivity index (χ3v) is 4.11. The summed E-state index contributed by atoms with van der Waals surface area (Å²) < 4.78 is 0. The van der Waals surface area contributed by atoms with Crippen molar-refractivity contribution in [1.82, 2.24) is 0 Å². The first-order chi connectivity index (χ1) is 11.1. The molecule has 0 fully saturated rings. The van der Waals surface area contributed by atoms with Gasteiger partial charge in [0.1, 0.15) is 6.54 Å². The highest BCUT2D eigenvalue weighted by Gasteiger charge is 2.26. The lowest BCUT2D eigenvalue weighted by molar-refractivity contribution is -0.120. The van der Waals surface area contributed by atoms with Crippen LogP contribution in [0.5, 0.6) is 0 Å². The van der Waals surface area contributed by atoms with Crippen molar-refractivity contribution >= 4 is 28.9 Å². The number of amides is 2. The predicted molar refractivity (Wildman–Crippen MR) is 91.8 cm³/mol. The molecule has 5 heteroatoms. The number of nitrogens with zero attached hydrogens (tertiary/aromatic N) is 1. The minimum Gasteiger partial charge on any atom is -0.376 e. The number of rotatable bonds is 3. The van der Waals surface area contributed by atoms with Crippen molar-refractivity contribution in [3.05, 3.63) is 53.6 Å². The highest BCUT2D eigenvalue weighted by atomic mass is 16.2. The highest BCUT2D eigenvalue weighted by Crippen LogP contribution is 2.29. The molecule has 0 spiro atoms. The average molecular weight is 309 g/mol. The maximum absolute atomic E-state index is 12.6. The van der Waals surface area contributed by atoms with Crippen LogP contribution in [0.3, 0.4) is 0 Å². The molecule has 1 aliphatic rings. The van der Waals surface area contributed by atoms with Crippen molar-refractivity contribution < 1.29 is 9.59 Å². The van der Waals surface area contributed by atoms with Crippen molar-refractivity contribution in [3.8, 4) is 0 Å². The van der Waals surface area contributed by atoms with E-state index in [1.807, 2.05) is 50.2 Å². The standard InChI is InChI=1S/C18H19N3O2/c1-12-6-5-8-14(13(12)2)19-10-18(23)21-11-17(22)20-15-7-3-4-9-16(15)21/h3-9,19H,10-11H2,1-2H3,(H,20,22). The van der Waals surface area contributed by atoms with E-state index in [9.17, 15) is 9.59 Å². The monoisotopic (exact) mass is 309 g/mol. The van der Waals surface area contributed by atoms with E-state index in [1.165, 1.54) is 10.5 Å². The molecule has 0 bridgehead atoms. The molecule has 2 N–H and O–H groups in total. The molecule has 0 saturated carbocycles. The second kappa shape index (κ2) is 6.12. The largest absolute Gasteiger partial charge is 0.376 e. The Morgan fingerprint density at radius 3 is 2.78 bits per heavy atom. The number of carbonyl (C=O) groups excluding carboxylic acids is 2. The smallest absolute Gasteiger partial charge is 0.246 e. The van der Waals surface area contributed by atoms with Gasteiger partial charge in [-0.15, -0.1) is 0 Å². The lowest BCUT2D eigenvalue weighted by Gasteiger charge is -2.29. The molecule has 0 radical (unpaired) electrons. The summed E-state index contributed by atoms with van der Waals surface area (Å²) in [6, 6.07) is 13.3. The summed E-state index contributed by atoms with van der Waals surface area (Å²) in [6.45, 7) is 4.25. The maximum Gasteiger partial charge on any atom is 0.246 e. The highest BCUT2D eigenvalue weighted by molar-refractivity contribution is 6.10. The molecular formula is C18H19N3O2. The number of fused-ring (bicyclic) bond motifs is 1. The minimum absolute atomic E-state index is 0.0460. The molecular weight excluding hydrogens is 290 g/mol. The van der Waals surface area contributed by atoms with E-state index >= 15 is 0 Å². The van der Waals surface area contributed by atoms with Gasteiger partial charge in [-0.25, -0.2) is 0 Å². The Labute approximate surface area is 135 Å². The molecule has 1 aliphatic heterocycles. The first-order valence-electron chi connectivity index (χ1n) is 7.55. The van der Waals surface area contributed by atoms with Crippen molar-refractivity contribution in [2.75, 3.05) is 28.6 Å². The van der Waals surface area contributed by atoms with Crippen LogP contribution in [0.15, 0.2) is 42.5 Å². The van der Waals surface area contributed by atoms with Gasteiger partial charge in [-0.1, -0.05) is 24.3 Å². The summed E-state index contributed by atoms with van der Waals surface area (Å²) in [4.78, 5) is 25.9. The van der Waals surface area contributed by atoms with E-state index in [1.54, 1.807) is 6.07 Å². The molecule has 0 unspecified atom stereocenters. The number of aryl methyl sites for hydroxylation is 1. The number of benzene rings is 2. The molecule has 5 nitrogen and oxygen atoms in total. The van der Waals surface area contributed by atoms with Gasteiger partial charge in [0.15, 0.2) is 0 Å². The fourth-order valence-electron chi connectivity index (χ4n) is 2.66. The van der Waals surface area contributed by atoms with Crippen LogP contribution in [0.1, 0.15) is 11.1 Å². The summed E-state index contributed by atoms with van der Waals surface area (Å²) >= 11 is 0. The molecule has 23 heavy (non-hydrogen) atoms. The fourth-order valence-corrected chi connectivity index (χ4v) is 2.66. The number of hydrogen-bond donors (Lipinski definition) is 2. The lowest BCUT2D eigenvalue weighted by atomic mass is 10.1. The van der Waals surface area contributed by atoms with E-state index in [4.69, 9.17) is 0 Å². The zero-order valence-electron chi connectivity index (χ0n) is 13.2. The van der Waals surface area contributed by atoms with Gasteiger partial charge in [-0.3, -0.25) is 14.5 Å². The Morgan fingerprint density at radius 2 is 1.96 bits per heavy atom. The normalized spacial score (nSPS) is 13.3. The van der Waals surface area contributed by atoms with Gasteiger partial charge in [0.05, 0.1) is 17.9 Å². The molecule has 2 aromatic rings. The summed E-state index contributed by atoms with van der Waals surface area (Å²) in [5.41, 5.74) is 4.64. The van der Waals surface area contributed by atoms with Crippen molar-refractivity contribution in [1.29, 1.82) is 0 Å². The number of hydrogen-bond acceptors (Lipinski definition) is 3. The first kappa shape index (κ1) is 15.1. The van der Waals surface area contributed by atoms with Crippen LogP contribution in [-0.2, 0) is 9.59 Å². The van der Waals surface area contributed by atoms with E-state index in [0.29, 0.717) is 5.69 Å². The summed E-state index contributed by atoms with van der Waals surface area (Å²) in [5, 5.41) is 5.96. The summed E-state index contributed by atoms with van der Waals surface area (Å²) in [7, 11) is 0. The van der Waals surface area contributed by atoms with Gasteiger partial charge < -0.3 is 10.6 Å². The zero-order valence-corrected chi connectivity index (χ0v) is 13.2. The lowest BCUT2D eigenvalue weighted by Crippen LogP contribution is -2.44. The van der Waals surface area contributed by atoms with E-state index in [-0.39, 0.29) is 24.9 Å². The van der Waals surface area contributed by atoms with E-state index < -0.39 is 0 Å². The number of para-hydroxylation sites is 2. The van der Waals surface area contributed by atoms with Gasteiger partial charge in [0, 0.05) is 5.69 Å². The van der Waals surface area contributed by atoms with Crippen LogP contribution in [-0.4, -0.2) is 24.9 Å². The van der Waals surface area contributed by atoms with Crippen LogP contribution in [0.2, 0.25) is 0 Å². The van der Waals surface area contributed by atoms with Crippen LogP contribution in [0.4, 0.5) is 17.1 Å². The Balaban J connectivity index is 1.76. The van der Waals surface area contributed by atoms with Crippen molar-refractivity contribution in [3.63, 3.8) is 0 Å². The topological polar surface area (TPSA) is 61.4 Å². The second-order valence-corrected chi connectivity index (χ2v) is 5.65. The Bertz CT molecular complexity index is 771. The SMILES string of the molecule is Cc1cccc(NCC(=O)N2CC(=O)Nc3ccccc32)c1C. The summed E-state index contributed by atoms with van der Waals surface area (Å²) in [6.07, 6.45) is 0. The average Bonchev–Trinajstić information content (AvgIpc) is 2.55. The third kappa shape index (κ3) is 3.04. The number of anilines is 3. The molecule has 0 atom stereocenters. The Morgan fingerprint density at radius 1 is 1.17 bits per heavy atom. The summed E-state index contributed by atoms with van der Waals surface area (Å²) in [5.74, 6) is -0.308. The van der Waals surface area contributed by atoms with Crippen molar-refractivity contribution in [2.24, 2.45) is 0 Å². The van der Waals surface area contributed by atoms with Gasteiger partial charge in [0.2, 0.25) is 11.8 Å². The molecule has 2 aromatic carbocycles. The molecule has 118 valence electrons. The Hall–Kier alpha value is -2.82. The minimum atomic E-state index is -0.177. The second-order valence-electron chi connectivity index (χ2n) is 5.65. The fraction of sp³-hybridized carbons (Fsp3) is 0.222. The molecule has 0 aromatic heterocycles. The van der Waals surface area contributed by atoms with Gasteiger partial charge in [-0.2, -0.15) is 0 Å². The number of carbonyl (C=O) groups is 2. The van der Waals surface area contributed by atoms with Gasteiger partial charge >= 0.3 is 0 Å². The van der Waals surface area contributed by atoms with Crippen LogP contribution >= 0.6 is 0 Å². The molecule has 1 heterocycles. The number of nitrogens with one attached hydrogen (secondary N) is 2. The predicted octanol–water partition coefficient (Wildman–Crippen LogP) is 2.70. The van der Waals surface area contributed by atoms with Gasteiger partial charge in [-0.05, 0) is 43.2 Å².